The minimum atomic E-state index is -3.71. The molecule has 0 amide bonds. The van der Waals surface area contributed by atoms with Gasteiger partial charge in [-0.25, -0.2) is 13.1 Å². The number of likely N-dealkylation sites (N-methyl/N-ethyl adjacent to an activating group) is 1. The van der Waals surface area contributed by atoms with Crippen molar-refractivity contribution in [2.75, 3.05) is 20.6 Å². The lowest BCUT2D eigenvalue weighted by Crippen LogP contribution is -2.34. The molecule has 7 heteroatoms. The van der Waals surface area contributed by atoms with E-state index in [-0.39, 0.29) is 17.5 Å². The van der Waals surface area contributed by atoms with Crippen LogP contribution in [0.4, 0.5) is 0 Å². The van der Waals surface area contributed by atoms with Crippen LogP contribution in [0.5, 0.6) is 0 Å². The van der Waals surface area contributed by atoms with Crippen molar-refractivity contribution in [3.8, 4) is 6.07 Å². The molecule has 0 unspecified atom stereocenters. The predicted molar refractivity (Wildman–Crippen MR) is 94.2 cm³/mol. The second-order valence-corrected chi connectivity index (χ2v) is 7.67. The number of rotatable bonds is 6. The van der Waals surface area contributed by atoms with Crippen molar-refractivity contribution in [2.24, 2.45) is 0 Å². The van der Waals surface area contributed by atoms with Gasteiger partial charge < -0.3 is 4.90 Å². The highest BCUT2D eigenvalue weighted by atomic mass is 35.5. The zero-order chi connectivity index (χ0) is 17.7. The summed E-state index contributed by atoms with van der Waals surface area (Å²) in [4.78, 5) is 1.97. The van der Waals surface area contributed by atoms with Crippen LogP contribution in [-0.4, -0.2) is 34.0 Å². The van der Waals surface area contributed by atoms with Gasteiger partial charge in [0, 0.05) is 17.6 Å². The van der Waals surface area contributed by atoms with Crippen molar-refractivity contribution in [1.82, 2.24) is 9.62 Å². The third-order valence-electron chi connectivity index (χ3n) is 3.63. The van der Waals surface area contributed by atoms with Crippen molar-refractivity contribution >= 4 is 21.6 Å². The fourth-order valence-corrected chi connectivity index (χ4v) is 3.67. The number of hydrogen-bond acceptors (Lipinski definition) is 4. The van der Waals surface area contributed by atoms with Crippen LogP contribution in [0.2, 0.25) is 5.02 Å². The number of hydrogen-bond donors (Lipinski definition) is 1. The normalized spacial score (nSPS) is 12.8. The molecule has 1 N–H and O–H groups in total. The molecule has 0 saturated heterocycles. The fraction of sp³-hybridized carbons (Fsp3) is 0.235. The Balaban J connectivity index is 2.23. The first-order chi connectivity index (χ1) is 11.3. The van der Waals surface area contributed by atoms with E-state index in [1.807, 2.05) is 43.3 Å². The fourth-order valence-electron chi connectivity index (χ4n) is 2.32. The average molecular weight is 364 g/mol. The van der Waals surface area contributed by atoms with Crippen LogP contribution in [-0.2, 0) is 10.0 Å². The highest BCUT2D eigenvalue weighted by molar-refractivity contribution is 7.89. The summed E-state index contributed by atoms with van der Waals surface area (Å²) >= 11 is 6.23. The molecule has 0 spiro atoms. The Kier molecular flexibility index (Phi) is 5.97. The van der Waals surface area contributed by atoms with E-state index in [9.17, 15) is 8.42 Å². The van der Waals surface area contributed by atoms with Crippen molar-refractivity contribution in [2.45, 2.75) is 10.9 Å². The summed E-state index contributed by atoms with van der Waals surface area (Å²) in [6.45, 7) is 0.163. The molecule has 2 aromatic rings. The molecule has 1 atom stereocenters. The number of sulfonamides is 1. The number of nitrogens with one attached hydrogen (secondary N) is 1. The van der Waals surface area contributed by atoms with E-state index in [1.54, 1.807) is 18.2 Å². The second kappa shape index (κ2) is 7.77. The Morgan fingerprint density at radius 2 is 1.92 bits per heavy atom. The van der Waals surface area contributed by atoms with Gasteiger partial charge in [0.05, 0.1) is 16.5 Å². The average Bonchev–Trinajstić information content (AvgIpc) is 2.56. The van der Waals surface area contributed by atoms with E-state index in [2.05, 4.69) is 4.72 Å². The van der Waals surface area contributed by atoms with Crippen LogP contribution in [0.15, 0.2) is 53.4 Å². The lowest BCUT2D eigenvalue weighted by Gasteiger charge is -2.26. The topological polar surface area (TPSA) is 73.2 Å². The Labute approximate surface area is 147 Å². The van der Waals surface area contributed by atoms with Crippen molar-refractivity contribution in [1.29, 1.82) is 5.26 Å². The zero-order valence-electron chi connectivity index (χ0n) is 13.4. The van der Waals surface area contributed by atoms with Gasteiger partial charge in [-0.2, -0.15) is 5.26 Å². The lowest BCUT2D eigenvalue weighted by atomic mass is 10.1. The molecule has 0 bridgehead atoms. The quantitative estimate of drug-likeness (QED) is 0.856. The molecule has 2 rings (SSSR count). The summed E-state index contributed by atoms with van der Waals surface area (Å²) in [6.07, 6.45) is 0. The highest BCUT2D eigenvalue weighted by Crippen LogP contribution is 2.26. The van der Waals surface area contributed by atoms with Gasteiger partial charge in [0.25, 0.3) is 0 Å². The lowest BCUT2D eigenvalue weighted by molar-refractivity contribution is 0.299. The SMILES string of the molecule is CN(C)[C@H](CNS(=O)(=O)c1cccc(C#N)c1)c1ccccc1Cl. The largest absolute Gasteiger partial charge is 0.301 e. The van der Waals surface area contributed by atoms with Crippen LogP contribution in [0.3, 0.4) is 0 Å². The summed E-state index contributed by atoms with van der Waals surface area (Å²) < 4.78 is 27.5. The molecule has 2 aromatic carbocycles. The molecule has 0 aliphatic rings. The third-order valence-corrected chi connectivity index (χ3v) is 5.39. The minimum Gasteiger partial charge on any atom is -0.301 e. The highest BCUT2D eigenvalue weighted by Gasteiger charge is 2.21. The van der Waals surface area contributed by atoms with Crippen LogP contribution in [0.1, 0.15) is 17.2 Å². The maximum atomic E-state index is 12.5. The Hall–Kier alpha value is -1.91. The molecule has 0 radical (unpaired) electrons. The van der Waals surface area contributed by atoms with E-state index >= 15 is 0 Å². The number of nitriles is 1. The molecule has 0 heterocycles. The third kappa shape index (κ3) is 4.34. The predicted octanol–water partition coefficient (Wildman–Crippen LogP) is 2.79. The standard InChI is InChI=1S/C17H18ClN3O2S/c1-21(2)17(15-8-3-4-9-16(15)18)12-20-24(22,23)14-7-5-6-13(10-14)11-19/h3-10,17,20H,12H2,1-2H3/t17-/m1/s1. The summed E-state index contributed by atoms with van der Waals surface area (Å²) in [5, 5.41) is 9.50. The van der Waals surface area contributed by atoms with Crippen LogP contribution < -0.4 is 4.72 Å². The summed E-state index contributed by atoms with van der Waals surface area (Å²) in [5.74, 6) is 0. The number of halogens is 1. The molecular formula is C17H18ClN3O2S. The van der Waals surface area contributed by atoms with E-state index in [1.165, 1.54) is 12.1 Å². The maximum Gasteiger partial charge on any atom is 0.240 e. The second-order valence-electron chi connectivity index (χ2n) is 5.49. The molecule has 126 valence electrons. The van der Waals surface area contributed by atoms with Gasteiger partial charge in [0.15, 0.2) is 0 Å². The molecule has 0 fully saturated rings. The summed E-state index contributed by atoms with van der Waals surface area (Å²) in [6, 6.07) is 15.0. The summed E-state index contributed by atoms with van der Waals surface area (Å²) in [7, 11) is 0.00627. The number of nitrogens with zero attached hydrogens (tertiary/aromatic N) is 2. The van der Waals surface area contributed by atoms with E-state index in [4.69, 9.17) is 16.9 Å². The van der Waals surface area contributed by atoms with E-state index < -0.39 is 10.0 Å². The molecule has 0 saturated carbocycles. The van der Waals surface area contributed by atoms with Gasteiger partial charge in [-0.15, -0.1) is 0 Å². The smallest absolute Gasteiger partial charge is 0.240 e. The monoisotopic (exact) mass is 363 g/mol. The van der Waals surface area contributed by atoms with Crippen molar-refractivity contribution < 1.29 is 8.42 Å². The minimum absolute atomic E-state index is 0.0678. The van der Waals surface area contributed by atoms with E-state index in [0.717, 1.165) is 5.56 Å². The first kappa shape index (κ1) is 18.4. The van der Waals surface area contributed by atoms with Gasteiger partial charge in [-0.1, -0.05) is 35.9 Å². The maximum absolute atomic E-state index is 12.5. The Morgan fingerprint density at radius 1 is 1.21 bits per heavy atom. The van der Waals surface area contributed by atoms with Gasteiger partial charge in [0.1, 0.15) is 0 Å². The first-order valence-corrected chi connectivity index (χ1v) is 9.12. The van der Waals surface area contributed by atoms with Crippen LogP contribution in [0, 0.1) is 11.3 Å². The molecular weight excluding hydrogens is 346 g/mol. The van der Waals surface area contributed by atoms with E-state index in [0.29, 0.717) is 10.6 Å². The van der Waals surface area contributed by atoms with Gasteiger partial charge in [0.2, 0.25) is 10.0 Å². The van der Waals surface area contributed by atoms with Gasteiger partial charge in [-0.05, 0) is 43.9 Å². The van der Waals surface area contributed by atoms with Crippen molar-refractivity contribution in [3.63, 3.8) is 0 Å². The first-order valence-electron chi connectivity index (χ1n) is 7.26. The number of benzene rings is 2. The molecule has 0 aromatic heterocycles. The van der Waals surface area contributed by atoms with Crippen LogP contribution in [0.25, 0.3) is 0 Å². The molecule has 0 aliphatic heterocycles. The molecule has 24 heavy (non-hydrogen) atoms. The van der Waals surface area contributed by atoms with Crippen LogP contribution >= 0.6 is 11.6 Å². The van der Waals surface area contributed by atoms with Crippen molar-refractivity contribution in [3.05, 3.63) is 64.7 Å². The Morgan fingerprint density at radius 3 is 2.54 bits per heavy atom. The van der Waals surface area contributed by atoms with Gasteiger partial charge >= 0.3 is 0 Å². The summed E-state index contributed by atoms with van der Waals surface area (Å²) in [5.41, 5.74) is 1.14. The Bertz CT molecular complexity index is 860. The molecule has 0 aliphatic carbocycles. The molecule has 5 nitrogen and oxygen atoms in total. The van der Waals surface area contributed by atoms with Gasteiger partial charge in [-0.3, -0.25) is 0 Å². The zero-order valence-corrected chi connectivity index (χ0v) is 15.0.